The third-order valence-electron chi connectivity index (χ3n) is 6.07. The lowest BCUT2D eigenvalue weighted by atomic mass is 10.1. The number of aromatic nitrogens is 3. The topological polar surface area (TPSA) is 138 Å². The van der Waals surface area contributed by atoms with E-state index in [-0.39, 0.29) is 39.9 Å². The van der Waals surface area contributed by atoms with Crippen molar-refractivity contribution in [3.05, 3.63) is 65.5 Å². The van der Waals surface area contributed by atoms with Crippen molar-refractivity contribution in [2.24, 2.45) is 0 Å². The largest absolute Gasteiger partial charge is 0.474 e. The fourth-order valence-corrected chi connectivity index (χ4v) is 4.55. The Balaban J connectivity index is 1.42. The molecule has 194 valence electrons. The van der Waals surface area contributed by atoms with Gasteiger partial charge in [0.15, 0.2) is 9.84 Å². The molecule has 0 spiro atoms. The van der Waals surface area contributed by atoms with Crippen LogP contribution in [-0.2, 0) is 16.3 Å². The zero-order valence-corrected chi connectivity index (χ0v) is 21.3. The van der Waals surface area contributed by atoms with Gasteiger partial charge in [-0.3, -0.25) is 9.78 Å². The van der Waals surface area contributed by atoms with Crippen LogP contribution in [0.3, 0.4) is 0 Å². The number of aryl methyl sites for hydroxylation is 1. The van der Waals surface area contributed by atoms with Gasteiger partial charge in [0.25, 0.3) is 5.91 Å². The number of benzene rings is 1. The third kappa shape index (κ3) is 6.08. The molecule has 1 aromatic carbocycles. The summed E-state index contributed by atoms with van der Waals surface area (Å²) in [4.78, 5) is 26.9. The van der Waals surface area contributed by atoms with Gasteiger partial charge in [0.2, 0.25) is 5.88 Å². The highest BCUT2D eigenvalue weighted by atomic mass is 32.2. The Morgan fingerprint density at radius 3 is 2.57 bits per heavy atom. The van der Waals surface area contributed by atoms with Crippen LogP contribution < -0.4 is 10.1 Å². The molecule has 0 atom stereocenters. The number of nitrogens with zero attached hydrogens (tertiary/aromatic N) is 4. The van der Waals surface area contributed by atoms with Gasteiger partial charge in [0.1, 0.15) is 29.8 Å². The molecule has 0 saturated carbocycles. The van der Waals surface area contributed by atoms with Crippen molar-refractivity contribution in [3.63, 3.8) is 0 Å². The summed E-state index contributed by atoms with van der Waals surface area (Å²) in [5, 5.41) is 10.6. The highest BCUT2D eigenvalue weighted by Crippen LogP contribution is 2.28. The fourth-order valence-electron chi connectivity index (χ4n) is 3.92. The minimum Gasteiger partial charge on any atom is -0.474 e. The number of rotatable bonds is 8. The molecule has 0 unspecified atom stereocenters. The molecule has 1 aliphatic rings. The van der Waals surface area contributed by atoms with Crippen LogP contribution in [0.15, 0.2) is 47.8 Å². The zero-order chi connectivity index (χ0) is 26.6. The predicted octanol–water partition coefficient (Wildman–Crippen LogP) is 3.40. The number of carbonyl (C=O) groups is 1. The summed E-state index contributed by atoms with van der Waals surface area (Å²) in [5.74, 6) is -0.614. The number of nitrogens with one attached hydrogen (secondary N) is 2. The smallest absolute Gasteiger partial charge is 0.272 e. The molecular formula is C25H27FN6O4S. The number of carbonyl (C=O) groups excluding carboxylic acids is 1. The van der Waals surface area contributed by atoms with Gasteiger partial charge in [0, 0.05) is 44.6 Å². The van der Waals surface area contributed by atoms with Crippen molar-refractivity contribution in [3.8, 4) is 5.88 Å². The molecule has 2 aromatic heterocycles. The van der Waals surface area contributed by atoms with E-state index in [1.807, 2.05) is 13.0 Å². The first-order chi connectivity index (χ1) is 17.7. The average Bonchev–Trinajstić information content (AvgIpc) is 2.89. The van der Waals surface area contributed by atoms with Crippen molar-refractivity contribution in [2.75, 3.05) is 24.7 Å². The predicted molar refractivity (Wildman–Crippen MR) is 136 cm³/mol. The SMILES string of the molecule is CCc1ccc(C(=O)N2CCC(Oc3ncnc(Nc4ccc(S(C)(=O)=O)cc4F)c3C=N)CC2)nc1. The molecule has 0 bridgehead atoms. The Morgan fingerprint density at radius 1 is 1.22 bits per heavy atom. The van der Waals surface area contributed by atoms with Crippen LogP contribution in [0.25, 0.3) is 0 Å². The van der Waals surface area contributed by atoms with Crippen molar-refractivity contribution < 1.29 is 22.3 Å². The molecule has 10 nitrogen and oxygen atoms in total. The number of ether oxygens (including phenoxy) is 1. The van der Waals surface area contributed by atoms with E-state index in [1.165, 1.54) is 18.5 Å². The zero-order valence-electron chi connectivity index (χ0n) is 20.4. The standard InChI is InChI=1S/C25H27FN6O4S/c1-3-16-4-6-22(28-14-16)25(33)32-10-8-17(9-11-32)36-24-19(13-27)23(29-15-30-24)31-21-7-5-18(12-20(21)26)37(2,34)35/h4-7,12-15,17,27H,3,8-11H2,1-2H3,(H,29,30,31). The second-order valence-electron chi connectivity index (χ2n) is 8.64. The number of anilines is 2. The summed E-state index contributed by atoms with van der Waals surface area (Å²) in [7, 11) is -3.56. The number of piperidine rings is 1. The lowest BCUT2D eigenvalue weighted by molar-refractivity contribution is 0.0582. The Kier molecular flexibility index (Phi) is 7.77. The maximum Gasteiger partial charge on any atom is 0.272 e. The molecule has 0 radical (unpaired) electrons. The second-order valence-corrected chi connectivity index (χ2v) is 10.7. The normalized spacial score (nSPS) is 14.3. The molecule has 3 heterocycles. The van der Waals surface area contributed by atoms with Crippen LogP contribution in [0.2, 0.25) is 0 Å². The molecule has 1 amide bonds. The summed E-state index contributed by atoms with van der Waals surface area (Å²) < 4.78 is 43.9. The van der Waals surface area contributed by atoms with Gasteiger partial charge in [-0.1, -0.05) is 13.0 Å². The summed E-state index contributed by atoms with van der Waals surface area (Å²) in [6.07, 6.45) is 6.68. The first-order valence-corrected chi connectivity index (χ1v) is 13.6. The summed E-state index contributed by atoms with van der Waals surface area (Å²) in [6, 6.07) is 7.14. The van der Waals surface area contributed by atoms with Gasteiger partial charge < -0.3 is 20.4 Å². The van der Waals surface area contributed by atoms with E-state index in [9.17, 15) is 17.6 Å². The van der Waals surface area contributed by atoms with Crippen LogP contribution in [0, 0.1) is 11.2 Å². The number of pyridine rings is 1. The maximum atomic E-state index is 14.5. The quantitative estimate of drug-likeness (QED) is 0.426. The van der Waals surface area contributed by atoms with Crippen molar-refractivity contribution in [1.29, 1.82) is 5.41 Å². The van der Waals surface area contributed by atoms with Crippen LogP contribution >= 0.6 is 0 Å². The van der Waals surface area contributed by atoms with E-state index < -0.39 is 15.7 Å². The molecule has 1 saturated heterocycles. The van der Waals surface area contributed by atoms with Gasteiger partial charge in [-0.05, 0) is 36.2 Å². The Labute approximate surface area is 214 Å². The van der Waals surface area contributed by atoms with Gasteiger partial charge in [-0.2, -0.15) is 0 Å². The average molecular weight is 527 g/mol. The highest BCUT2D eigenvalue weighted by molar-refractivity contribution is 7.90. The minimum atomic E-state index is -3.56. The minimum absolute atomic E-state index is 0.00690. The number of hydrogen-bond donors (Lipinski definition) is 2. The molecule has 4 rings (SSSR count). The first kappa shape index (κ1) is 26.1. The van der Waals surface area contributed by atoms with E-state index in [0.29, 0.717) is 31.6 Å². The molecule has 1 aliphatic heterocycles. The second kappa shape index (κ2) is 11.0. The van der Waals surface area contributed by atoms with Gasteiger partial charge >= 0.3 is 0 Å². The van der Waals surface area contributed by atoms with Crippen LogP contribution in [0.4, 0.5) is 15.9 Å². The summed E-state index contributed by atoms with van der Waals surface area (Å²) in [5.41, 5.74) is 1.68. The molecule has 2 N–H and O–H groups in total. The molecule has 37 heavy (non-hydrogen) atoms. The monoisotopic (exact) mass is 526 g/mol. The van der Waals surface area contributed by atoms with Gasteiger partial charge in [-0.15, -0.1) is 0 Å². The van der Waals surface area contributed by atoms with Crippen LogP contribution in [0.5, 0.6) is 5.88 Å². The van der Waals surface area contributed by atoms with Crippen LogP contribution in [-0.4, -0.2) is 65.8 Å². The maximum absolute atomic E-state index is 14.5. The molecule has 1 fully saturated rings. The summed E-state index contributed by atoms with van der Waals surface area (Å²) in [6.45, 7) is 2.99. The van der Waals surface area contributed by atoms with Crippen molar-refractivity contribution in [1.82, 2.24) is 19.9 Å². The third-order valence-corrected chi connectivity index (χ3v) is 7.18. The van der Waals surface area contributed by atoms with Crippen LogP contribution in [0.1, 0.15) is 41.4 Å². The van der Waals surface area contributed by atoms with Crippen molar-refractivity contribution in [2.45, 2.75) is 37.2 Å². The van der Waals surface area contributed by atoms with E-state index in [1.54, 1.807) is 17.2 Å². The highest BCUT2D eigenvalue weighted by Gasteiger charge is 2.27. The van der Waals surface area contributed by atoms with E-state index >= 15 is 0 Å². The Hall–Kier alpha value is -3.93. The Morgan fingerprint density at radius 2 is 1.97 bits per heavy atom. The fraction of sp³-hybridized carbons (Fsp3) is 0.320. The number of sulfone groups is 1. The van der Waals surface area contributed by atoms with E-state index in [2.05, 4.69) is 20.3 Å². The van der Waals surface area contributed by atoms with E-state index in [4.69, 9.17) is 10.1 Å². The molecular weight excluding hydrogens is 499 g/mol. The molecule has 3 aromatic rings. The number of likely N-dealkylation sites (tertiary alicyclic amines) is 1. The molecule has 0 aliphatic carbocycles. The molecule has 12 heteroatoms. The number of amides is 1. The van der Waals surface area contributed by atoms with Gasteiger partial charge in [0.05, 0.1) is 16.1 Å². The van der Waals surface area contributed by atoms with Gasteiger partial charge in [-0.25, -0.2) is 22.8 Å². The Bertz CT molecular complexity index is 1410. The first-order valence-electron chi connectivity index (χ1n) is 11.7. The van der Waals surface area contributed by atoms with Crippen molar-refractivity contribution >= 4 is 33.5 Å². The summed E-state index contributed by atoms with van der Waals surface area (Å²) >= 11 is 0. The lowest BCUT2D eigenvalue weighted by Gasteiger charge is -2.32. The number of hydrogen-bond acceptors (Lipinski definition) is 9. The lowest BCUT2D eigenvalue weighted by Crippen LogP contribution is -2.42. The van der Waals surface area contributed by atoms with E-state index in [0.717, 1.165) is 30.5 Å². The number of halogens is 1.